The summed E-state index contributed by atoms with van der Waals surface area (Å²) in [5.74, 6) is 2.05. The van der Waals surface area contributed by atoms with Crippen LogP contribution in [0.4, 0.5) is 0 Å². The third-order valence-electron chi connectivity index (χ3n) is 8.08. The lowest BCUT2D eigenvalue weighted by atomic mass is 9.78. The Morgan fingerprint density at radius 1 is 0.750 bits per heavy atom. The molecule has 0 saturated heterocycles. The van der Waals surface area contributed by atoms with Crippen LogP contribution in [0.25, 0.3) is 0 Å². The molecule has 3 heteroatoms. The molecule has 0 heterocycles. The van der Waals surface area contributed by atoms with Gasteiger partial charge in [0.05, 0.1) is 0 Å². The monoisotopic (exact) mass is 486 g/mol. The molecule has 0 aliphatic heterocycles. The Labute approximate surface area is 217 Å². The van der Waals surface area contributed by atoms with Crippen molar-refractivity contribution in [1.29, 1.82) is 0 Å². The quantitative estimate of drug-likeness (QED) is 0.275. The zero-order valence-corrected chi connectivity index (χ0v) is 22.2. The number of hydrogen-bond acceptors (Lipinski definition) is 3. The van der Waals surface area contributed by atoms with Gasteiger partial charge in [-0.25, -0.2) is 0 Å². The van der Waals surface area contributed by atoms with Crippen LogP contribution in [-0.2, 0) is 4.74 Å². The summed E-state index contributed by atoms with van der Waals surface area (Å²) in [6, 6.07) is 27.3. The summed E-state index contributed by atoms with van der Waals surface area (Å²) in [7, 11) is 1.77. The first kappa shape index (κ1) is 26.3. The van der Waals surface area contributed by atoms with Gasteiger partial charge < -0.3 is 14.6 Å². The summed E-state index contributed by atoms with van der Waals surface area (Å²) in [6.45, 7) is 4.61. The Bertz CT molecular complexity index is 1040. The van der Waals surface area contributed by atoms with Crippen molar-refractivity contribution in [3.8, 4) is 11.5 Å². The second-order valence-corrected chi connectivity index (χ2v) is 10.5. The number of benzene rings is 3. The Morgan fingerprint density at radius 3 is 1.97 bits per heavy atom. The smallest absolute Gasteiger partial charge is 0.210 e. The second-order valence-electron chi connectivity index (χ2n) is 10.5. The predicted octanol–water partition coefficient (Wildman–Crippen LogP) is 8.94. The van der Waals surface area contributed by atoms with E-state index in [-0.39, 0.29) is 0 Å². The maximum absolute atomic E-state index is 9.86. The molecule has 0 radical (unpaired) electrons. The molecule has 1 aliphatic carbocycles. The summed E-state index contributed by atoms with van der Waals surface area (Å²) in [5, 5.41) is 9.86. The summed E-state index contributed by atoms with van der Waals surface area (Å²) in [6.07, 6.45) is 8.73. The van der Waals surface area contributed by atoms with Gasteiger partial charge in [-0.15, -0.1) is 0 Å². The van der Waals surface area contributed by atoms with Crippen LogP contribution >= 0.6 is 0 Å². The molecule has 1 N–H and O–H groups in total. The van der Waals surface area contributed by atoms with Gasteiger partial charge in [0.25, 0.3) is 0 Å². The summed E-state index contributed by atoms with van der Waals surface area (Å²) in [4.78, 5) is 0. The highest BCUT2D eigenvalue weighted by Gasteiger charge is 2.34. The van der Waals surface area contributed by atoms with Gasteiger partial charge in [-0.05, 0) is 90.8 Å². The van der Waals surface area contributed by atoms with Crippen LogP contribution in [0.1, 0.15) is 99.7 Å². The Morgan fingerprint density at radius 2 is 1.36 bits per heavy atom. The van der Waals surface area contributed by atoms with E-state index in [1.54, 1.807) is 7.11 Å². The molecule has 1 fully saturated rings. The van der Waals surface area contributed by atoms with Gasteiger partial charge in [0.1, 0.15) is 11.5 Å². The fourth-order valence-corrected chi connectivity index (χ4v) is 5.80. The molecule has 0 aromatic heterocycles. The van der Waals surface area contributed by atoms with Crippen molar-refractivity contribution >= 4 is 0 Å². The van der Waals surface area contributed by atoms with E-state index in [0.29, 0.717) is 23.5 Å². The first-order valence-corrected chi connectivity index (χ1v) is 13.7. The molecule has 0 bridgehead atoms. The van der Waals surface area contributed by atoms with Gasteiger partial charge in [-0.1, -0.05) is 74.9 Å². The van der Waals surface area contributed by atoms with E-state index < -0.39 is 5.79 Å². The maximum Gasteiger partial charge on any atom is 0.210 e. The van der Waals surface area contributed by atoms with Crippen molar-refractivity contribution in [3.63, 3.8) is 0 Å². The van der Waals surface area contributed by atoms with Crippen molar-refractivity contribution in [2.45, 2.75) is 88.8 Å². The van der Waals surface area contributed by atoms with Crippen LogP contribution in [0.15, 0.2) is 78.9 Å². The number of phenolic OH excluding ortho intramolecular Hbond substituents is 1. The van der Waals surface area contributed by atoms with E-state index in [1.165, 1.54) is 23.1 Å². The van der Waals surface area contributed by atoms with Crippen molar-refractivity contribution in [2.75, 3.05) is 7.11 Å². The predicted molar refractivity (Wildman–Crippen MR) is 148 cm³/mol. The normalized spacial score (nSPS) is 17.8. The van der Waals surface area contributed by atoms with Gasteiger partial charge in [-0.3, -0.25) is 0 Å². The fraction of sp³-hybridized carbons (Fsp3) is 0.455. The van der Waals surface area contributed by atoms with E-state index in [2.05, 4.69) is 80.6 Å². The van der Waals surface area contributed by atoms with Gasteiger partial charge >= 0.3 is 0 Å². The SMILES string of the molecule is CCC(CC(CC(C)c1ccc(OC2(OC)CCCCC2)cc1)c1ccc(O)cc1)c1ccccc1. The number of phenols is 1. The Hall–Kier alpha value is -2.78. The van der Waals surface area contributed by atoms with E-state index in [9.17, 15) is 5.11 Å². The zero-order chi connectivity index (χ0) is 25.4. The van der Waals surface area contributed by atoms with E-state index in [4.69, 9.17) is 9.47 Å². The van der Waals surface area contributed by atoms with Crippen LogP contribution in [0.2, 0.25) is 0 Å². The van der Waals surface area contributed by atoms with Crippen LogP contribution in [0.5, 0.6) is 11.5 Å². The van der Waals surface area contributed by atoms with E-state index >= 15 is 0 Å². The first-order chi connectivity index (χ1) is 17.5. The van der Waals surface area contributed by atoms with Crippen LogP contribution < -0.4 is 4.74 Å². The number of ether oxygens (including phenoxy) is 2. The van der Waals surface area contributed by atoms with E-state index in [1.807, 2.05) is 12.1 Å². The highest BCUT2D eigenvalue weighted by atomic mass is 16.7. The molecule has 36 heavy (non-hydrogen) atoms. The Kier molecular flexibility index (Phi) is 9.09. The first-order valence-electron chi connectivity index (χ1n) is 13.7. The molecule has 3 aromatic carbocycles. The summed E-state index contributed by atoms with van der Waals surface area (Å²) < 4.78 is 12.2. The Balaban J connectivity index is 1.48. The number of methoxy groups -OCH3 is 1. The van der Waals surface area contributed by atoms with Crippen molar-refractivity contribution < 1.29 is 14.6 Å². The molecule has 192 valence electrons. The van der Waals surface area contributed by atoms with Crippen LogP contribution in [0, 0.1) is 0 Å². The lowest BCUT2D eigenvalue weighted by Crippen LogP contribution is -2.40. The number of rotatable bonds is 11. The van der Waals surface area contributed by atoms with Gasteiger partial charge in [0.15, 0.2) is 0 Å². The van der Waals surface area contributed by atoms with E-state index in [0.717, 1.165) is 50.7 Å². The average molecular weight is 487 g/mol. The minimum atomic E-state index is -0.470. The fourth-order valence-electron chi connectivity index (χ4n) is 5.80. The molecular formula is C33H42O3. The van der Waals surface area contributed by atoms with Crippen molar-refractivity contribution in [3.05, 3.63) is 95.6 Å². The largest absolute Gasteiger partial charge is 0.508 e. The molecule has 4 rings (SSSR count). The maximum atomic E-state index is 9.86. The number of aromatic hydroxyl groups is 1. The molecule has 0 amide bonds. The number of hydrogen-bond donors (Lipinski definition) is 1. The lowest BCUT2D eigenvalue weighted by molar-refractivity contribution is -0.182. The second kappa shape index (κ2) is 12.5. The molecule has 3 aromatic rings. The van der Waals surface area contributed by atoms with Crippen molar-refractivity contribution in [1.82, 2.24) is 0 Å². The minimum absolute atomic E-state index is 0.322. The molecule has 3 atom stereocenters. The van der Waals surface area contributed by atoms with Crippen molar-refractivity contribution in [2.24, 2.45) is 0 Å². The highest BCUT2D eigenvalue weighted by molar-refractivity contribution is 5.32. The zero-order valence-electron chi connectivity index (χ0n) is 22.2. The lowest BCUT2D eigenvalue weighted by Gasteiger charge is -2.36. The minimum Gasteiger partial charge on any atom is -0.508 e. The highest BCUT2D eigenvalue weighted by Crippen LogP contribution is 2.39. The third-order valence-corrected chi connectivity index (χ3v) is 8.08. The third kappa shape index (κ3) is 6.70. The van der Waals surface area contributed by atoms with Gasteiger partial charge in [0.2, 0.25) is 5.79 Å². The van der Waals surface area contributed by atoms with Crippen LogP contribution in [0.3, 0.4) is 0 Å². The summed E-state index contributed by atoms with van der Waals surface area (Å²) in [5.41, 5.74) is 4.04. The molecule has 3 unspecified atom stereocenters. The molecule has 0 spiro atoms. The molecule has 3 nitrogen and oxygen atoms in total. The van der Waals surface area contributed by atoms with Gasteiger partial charge in [-0.2, -0.15) is 0 Å². The average Bonchev–Trinajstić information content (AvgIpc) is 2.93. The topological polar surface area (TPSA) is 38.7 Å². The summed E-state index contributed by atoms with van der Waals surface area (Å²) >= 11 is 0. The van der Waals surface area contributed by atoms with Gasteiger partial charge in [0, 0.05) is 20.0 Å². The molecule has 1 saturated carbocycles. The standard InChI is InChI=1S/C33H42O3/c1-4-26(28-11-7-5-8-12-28)24-30(29-13-17-31(34)18-14-29)23-25(2)27-15-19-32(20-16-27)36-33(35-3)21-9-6-10-22-33/h5,7-8,11-20,25-26,30,34H,4,6,9-10,21-24H2,1-3H3. The van der Waals surface area contributed by atoms with Crippen LogP contribution in [-0.4, -0.2) is 18.0 Å². The molecule has 1 aliphatic rings. The molecular weight excluding hydrogens is 444 g/mol.